The molecule has 1 rings (SSSR count). The molecular formula is C11H12ClFO. The van der Waals surface area contributed by atoms with Crippen molar-refractivity contribution in [2.75, 3.05) is 0 Å². The Bertz CT molecular complexity index is 324. The molecule has 1 nitrogen and oxygen atoms in total. The number of carbonyl (C=O) groups is 1. The quantitative estimate of drug-likeness (QED) is 0.755. The van der Waals surface area contributed by atoms with E-state index in [9.17, 15) is 9.18 Å². The zero-order chi connectivity index (χ0) is 10.8. The maximum atomic E-state index is 13.2. The van der Waals surface area contributed by atoms with Crippen molar-refractivity contribution in [1.82, 2.24) is 0 Å². The molecule has 0 N–H and O–H groups in total. The van der Waals surface area contributed by atoms with Crippen LogP contribution in [0.25, 0.3) is 0 Å². The Kier molecular flexibility index (Phi) is 3.27. The Morgan fingerprint density at radius 1 is 1.36 bits per heavy atom. The van der Waals surface area contributed by atoms with Gasteiger partial charge >= 0.3 is 0 Å². The SMILES string of the molecule is CC(C)(F)C(=O)Cc1ccc(Cl)cc1. The molecule has 0 unspecified atom stereocenters. The smallest absolute Gasteiger partial charge is 0.173 e. The first-order valence-corrected chi connectivity index (χ1v) is 4.74. The fourth-order valence-electron chi connectivity index (χ4n) is 0.998. The highest BCUT2D eigenvalue weighted by Gasteiger charge is 2.25. The van der Waals surface area contributed by atoms with E-state index < -0.39 is 11.5 Å². The molecule has 14 heavy (non-hydrogen) atoms. The van der Waals surface area contributed by atoms with E-state index >= 15 is 0 Å². The van der Waals surface area contributed by atoms with Gasteiger partial charge in [-0.05, 0) is 31.5 Å². The lowest BCUT2D eigenvalue weighted by Gasteiger charge is -2.12. The van der Waals surface area contributed by atoms with Gasteiger partial charge in [-0.2, -0.15) is 0 Å². The highest BCUT2D eigenvalue weighted by molar-refractivity contribution is 6.30. The molecule has 3 heteroatoms. The maximum absolute atomic E-state index is 13.2. The first-order valence-electron chi connectivity index (χ1n) is 4.36. The van der Waals surface area contributed by atoms with Crippen molar-refractivity contribution in [3.63, 3.8) is 0 Å². The van der Waals surface area contributed by atoms with E-state index in [0.29, 0.717) is 5.02 Å². The van der Waals surface area contributed by atoms with E-state index in [1.165, 1.54) is 13.8 Å². The van der Waals surface area contributed by atoms with Crippen LogP contribution in [0.3, 0.4) is 0 Å². The van der Waals surface area contributed by atoms with Gasteiger partial charge in [-0.1, -0.05) is 23.7 Å². The largest absolute Gasteiger partial charge is 0.296 e. The summed E-state index contributed by atoms with van der Waals surface area (Å²) in [6, 6.07) is 6.84. The minimum absolute atomic E-state index is 0.112. The van der Waals surface area contributed by atoms with Gasteiger partial charge in [0.1, 0.15) is 0 Å². The summed E-state index contributed by atoms with van der Waals surface area (Å²) >= 11 is 5.68. The third kappa shape index (κ3) is 3.11. The van der Waals surface area contributed by atoms with E-state index in [-0.39, 0.29) is 6.42 Å². The second kappa shape index (κ2) is 4.09. The molecule has 0 radical (unpaired) electrons. The maximum Gasteiger partial charge on any atom is 0.173 e. The number of benzene rings is 1. The van der Waals surface area contributed by atoms with Gasteiger partial charge in [0, 0.05) is 11.4 Å². The van der Waals surface area contributed by atoms with Gasteiger partial charge < -0.3 is 0 Å². The van der Waals surface area contributed by atoms with Gasteiger partial charge in [0.2, 0.25) is 0 Å². The van der Waals surface area contributed by atoms with Crippen molar-refractivity contribution in [3.05, 3.63) is 34.9 Å². The molecular weight excluding hydrogens is 203 g/mol. The fraction of sp³-hybridized carbons (Fsp3) is 0.364. The summed E-state index contributed by atoms with van der Waals surface area (Å²) < 4.78 is 13.2. The number of carbonyl (C=O) groups excluding carboxylic acids is 1. The molecule has 1 aromatic carbocycles. The molecule has 0 bridgehead atoms. The van der Waals surface area contributed by atoms with Crippen LogP contribution in [0.1, 0.15) is 19.4 Å². The third-order valence-electron chi connectivity index (χ3n) is 1.94. The third-order valence-corrected chi connectivity index (χ3v) is 2.19. The average Bonchev–Trinajstić information content (AvgIpc) is 2.07. The van der Waals surface area contributed by atoms with E-state index in [2.05, 4.69) is 0 Å². The zero-order valence-corrected chi connectivity index (χ0v) is 8.94. The summed E-state index contributed by atoms with van der Waals surface area (Å²) in [5.74, 6) is -0.417. The molecule has 0 heterocycles. The molecule has 0 atom stereocenters. The predicted octanol–water partition coefficient (Wildman–Crippen LogP) is 3.20. The highest BCUT2D eigenvalue weighted by Crippen LogP contribution is 2.15. The summed E-state index contributed by atoms with van der Waals surface area (Å²) in [4.78, 5) is 11.3. The minimum Gasteiger partial charge on any atom is -0.296 e. The molecule has 0 aliphatic carbocycles. The molecule has 76 valence electrons. The standard InChI is InChI=1S/C11H12ClFO/c1-11(2,13)10(14)7-8-3-5-9(12)6-4-8/h3-6H,7H2,1-2H3. The summed E-state index contributed by atoms with van der Waals surface area (Å²) in [5, 5.41) is 0.612. The monoisotopic (exact) mass is 214 g/mol. The average molecular weight is 215 g/mol. The Morgan fingerprint density at radius 2 is 1.86 bits per heavy atom. The molecule has 0 aliphatic rings. The number of ketones is 1. The van der Waals surface area contributed by atoms with Gasteiger partial charge in [0.05, 0.1) is 0 Å². The normalized spacial score (nSPS) is 11.4. The van der Waals surface area contributed by atoms with Crippen LogP contribution >= 0.6 is 11.6 Å². The zero-order valence-electron chi connectivity index (χ0n) is 8.18. The molecule has 0 saturated carbocycles. The van der Waals surface area contributed by atoms with Crippen molar-refractivity contribution in [1.29, 1.82) is 0 Å². The van der Waals surface area contributed by atoms with E-state index in [1.807, 2.05) is 0 Å². The Hall–Kier alpha value is -0.890. The second-order valence-electron chi connectivity index (χ2n) is 3.70. The van der Waals surface area contributed by atoms with Crippen LogP contribution in [-0.2, 0) is 11.2 Å². The summed E-state index contributed by atoms with van der Waals surface area (Å²) in [7, 11) is 0. The van der Waals surface area contributed by atoms with Crippen LogP contribution in [0.2, 0.25) is 5.02 Å². The fourth-order valence-corrected chi connectivity index (χ4v) is 1.12. The van der Waals surface area contributed by atoms with Gasteiger partial charge in [-0.3, -0.25) is 4.79 Å². The molecule has 0 aliphatic heterocycles. The predicted molar refractivity (Wildman–Crippen MR) is 55.4 cm³/mol. The van der Waals surface area contributed by atoms with Crippen LogP contribution < -0.4 is 0 Å². The second-order valence-corrected chi connectivity index (χ2v) is 4.14. The Balaban J connectivity index is 2.71. The molecule has 1 aromatic rings. The van der Waals surface area contributed by atoms with Crippen LogP contribution in [0.5, 0.6) is 0 Å². The number of Topliss-reactive ketones (excluding diaryl/α,β-unsaturated/α-hetero) is 1. The first kappa shape index (κ1) is 11.2. The van der Waals surface area contributed by atoms with Gasteiger partial charge in [-0.25, -0.2) is 4.39 Å². The lowest BCUT2D eigenvalue weighted by Crippen LogP contribution is -2.27. The molecule has 0 saturated heterocycles. The van der Waals surface area contributed by atoms with E-state index in [0.717, 1.165) is 5.56 Å². The van der Waals surface area contributed by atoms with Crippen molar-refractivity contribution in [2.24, 2.45) is 0 Å². The van der Waals surface area contributed by atoms with E-state index in [4.69, 9.17) is 11.6 Å². The van der Waals surface area contributed by atoms with Crippen LogP contribution in [0, 0.1) is 0 Å². The van der Waals surface area contributed by atoms with Crippen LogP contribution in [0.15, 0.2) is 24.3 Å². The van der Waals surface area contributed by atoms with Gasteiger partial charge in [0.25, 0.3) is 0 Å². The first-order chi connectivity index (χ1) is 6.39. The van der Waals surface area contributed by atoms with Crippen molar-refractivity contribution >= 4 is 17.4 Å². The number of halogens is 2. The number of alkyl halides is 1. The molecule has 0 spiro atoms. The Labute approximate surface area is 87.9 Å². The number of rotatable bonds is 3. The summed E-state index contributed by atoms with van der Waals surface area (Å²) in [6.07, 6.45) is 0.112. The van der Waals surface area contributed by atoms with Crippen molar-refractivity contribution in [3.8, 4) is 0 Å². The highest BCUT2D eigenvalue weighted by atomic mass is 35.5. The van der Waals surface area contributed by atoms with Crippen molar-refractivity contribution in [2.45, 2.75) is 25.9 Å². The topological polar surface area (TPSA) is 17.1 Å². The van der Waals surface area contributed by atoms with Crippen LogP contribution in [0.4, 0.5) is 4.39 Å². The Morgan fingerprint density at radius 3 is 2.29 bits per heavy atom. The summed E-state index contributed by atoms with van der Waals surface area (Å²) in [5.41, 5.74) is -0.982. The van der Waals surface area contributed by atoms with Gasteiger partial charge in [0.15, 0.2) is 11.5 Å². The lowest BCUT2D eigenvalue weighted by molar-refractivity contribution is -0.127. The molecule has 0 aromatic heterocycles. The lowest BCUT2D eigenvalue weighted by atomic mass is 9.99. The van der Waals surface area contributed by atoms with Crippen molar-refractivity contribution < 1.29 is 9.18 Å². The van der Waals surface area contributed by atoms with E-state index in [1.54, 1.807) is 24.3 Å². The van der Waals surface area contributed by atoms with Gasteiger partial charge in [-0.15, -0.1) is 0 Å². The number of hydrogen-bond acceptors (Lipinski definition) is 1. The number of hydrogen-bond donors (Lipinski definition) is 0. The summed E-state index contributed by atoms with van der Waals surface area (Å²) in [6.45, 7) is 2.54. The molecule has 0 amide bonds. The molecule has 0 fully saturated rings. The van der Waals surface area contributed by atoms with Crippen LogP contribution in [-0.4, -0.2) is 11.5 Å². The minimum atomic E-state index is -1.76.